The summed E-state index contributed by atoms with van der Waals surface area (Å²) < 4.78 is 6.68. The zero-order valence-electron chi connectivity index (χ0n) is 30.3. The van der Waals surface area contributed by atoms with Gasteiger partial charge in [0.25, 0.3) is 0 Å². The van der Waals surface area contributed by atoms with Crippen LogP contribution in [0.3, 0.4) is 0 Å². The first kappa shape index (κ1) is 33.0. The van der Waals surface area contributed by atoms with Gasteiger partial charge in [0.2, 0.25) is 0 Å². The molecule has 0 aliphatic rings. The van der Waals surface area contributed by atoms with Gasteiger partial charge in [-0.15, -0.1) is 0 Å². The molecular weight excluding hydrogens is 685 g/mol. The van der Waals surface area contributed by atoms with Gasteiger partial charge < -0.3 is 9.32 Å². The molecular formula is C51H34N4O. The van der Waals surface area contributed by atoms with Gasteiger partial charge in [-0.25, -0.2) is 15.0 Å². The van der Waals surface area contributed by atoms with Crippen LogP contribution in [-0.2, 0) is 0 Å². The van der Waals surface area contributed by atoms with Crippen LogP contribution in [0.4, 0.5) is 17.1 Å². The normalized spacial score (nSPS) is 11.2. The summed E-state index contributed by atoms with van der Waals surface area (Å²) >= 11 is 0. The molecule has 0 radical (unpaired) electrons. The smallest absolute Gasteiger partial charge is 0.164 e. The van der Waals surface area contributed by atoms with E-state index in [0.717, 1.165) is 72.4 Å². The molecule has 0 amide bonds. The highest BCUT2D eigenvalue weighted by molar-refractivity contribution is 6.14. The molecule has 10 rings (SSSR count). The van der Waals surface area contributed by atoms with E-state index in [1.54, 1.807) is 0 Å². The van der Waals surface area contributed by atoms with Crippen molar-refractivity contribution in [1.29, 1.82) is 0 Å². The van der Waals surface area contributed by atoms with Crippen molar-refractivity contribution >= 4 is 39.0 Å². The SMILES string of the molecule is c1ccc(-c2ccc(N(c3cccc(-c4ccccc4)c3)c3cccc4oc5cc(-c6nc(-c7ccccc7)nc(-c7ccccc7)n6)ccc5c34)cc2)cc1. The van der Waals surface area contributed by atoms with E-state index in [4.69, 9.17) is 19.4 Å². The van der Waals surface area contributed by atoms with E-state index in [1.165, 1.54) is 5.56 Å². The molecule has 56 heavy (non-hydrogen) atoms. The minimum atomic E-state index is 0.582. The van der Waals surface area contributed by atoms with Gasteiger partial charge in [0, 0.05) is 33.5 Å². The predicted molar refractivity (Wildman–Crippen MR) is 229 cm³/mol. The molecule has 0 fully saturated rings. The van der Waals surface area contributed by atoms with Crippen LogP contribution >= 0.6 is 0 Å². The van der Waals surface area contributed by atoms with Gasteiger partial charge in [-0.3, -0.25) is 0 Å². The number of furan rings is 1. The molecule has 5 nitrogen and oxygen atoms in total. The number of rotatable bonds is 8. The maximum absolute atomic E-state index is 6.68. The number of nitrogens with zero attached hydrogens (tertiary/aromatic N) is 4. The van der Waals surface area contributed by atoms with E-state index < -0.39 is 0 Å². The Bertz CT molecular complexity index is 2890. The van der Waals surface area contributed by atoms with Crippen molar-refractivity contribution < 1.29 is 4.42 Å². The molecule has 0 atom stereocenters. The first-order chi connectivity index (χ1) is 27.7. The van der Waals surface area contributed by atoms with Gasteiger partial charge in [-0.2, -0.15) is 0 Å². The topological polar surface area (TPSA) is 55.1 Å². The molecule has 2 heterocycles. The Kier molecular flexibility index (Phi) is 8.43. The van der Waals surface area contributed by atoms with Crippen molar-refractivity contribution in [3.05, 3.63) is 206 Å². The first-order valence-electron chi connectivity index (χ1n) is 18.7. The van der Waals surface area contributed by atoms with Crippen LogP contribution in [0.2, 0.25) is 0 Å². The molecule has 10 aromatic rings. The van der Waals surface area contributed by atoms with Gasteiger partial charge in [0.05, 0.1) is 11.1 Å². The van der Waals surface area contributed by atoms with Crippen LogP contribution in [0.5, 0.6) is 0 Å². The van der Waals surface area contributed by atoms with Gasteiger partial charge in [-0.1, -0.05) is 158 Å². The Balaban J connectivity index is 1.13. The Morgan fingerprint density at radius 1 is 0.321 bits per heavy atom. The molecule has 0 saturated heterocycles. The Morgan fingerprint density at radius 2 is 0.804 bits per heavy atom. The van der Waals surface area contributed by atoms with Crippen LogP contribution in [0.25, 0.3) is 78.4 Å². The number of benzene rings is 8. The van der Waals surface area contributed by atoms with Crippen LogP contribution in [0, 0.1) is 0 Å². The van der Waals surface area contributed by atoms with E-state index in [-0.39, 0.29) is 0 Å². The lowest BCUT2D eigenvalue weighted by molar-refractivity contribution is 0.669. The molecule has 5 heteroatoms. The lowest BCUT2D eigenvalue weighted by Gasteiger charge is -2.27. The van der Waals surface area contributed by atoms with E-state index >= 15 is 0 Å². The summed E-state index contributed by atoms with van der Waals surface area (Å²) in [5, 5.41) is 2.03. The molecule has 0 spiro atoms. The van der Waals surface area contributed by atoms with Crippen LogP contribution < -0.4 is 4.90 Å². The number of hydrogen-bond donors (Lipinski definition) is 0. The van der Waals surface area contributed by atoms with Gasteiger partial charge in [0.15, 0.2) is 17.5 Å². The summed E-state index contributed by atoms with van der Waals surface area (Å²) in [5.74, 6) is 1.82. The average Bonchev–Trinajstić information content (AvgIpc) is 3.67. The Hall–Kier alpha value is -7.63. The van der Waals surface area contributed by atoms with E-state index in [1.807, 2.05) is 78.9 Å². The van der Waals surface area contributed by atoms with Crippen molar-refractivity contribution in [1.82, 2.24) is 15.0 Å². The third-order valence-electron chi connectivity index (χ3n) is 10.1. The summed E-state index contributed by atoms with van der Waals surface area (Å²) in [6, 6.07) is 71.1. The standard InChI is InChI=1S/C51H34N4O/c1-5-15-35(16-6-1)37-27-30-42(31-28-37)55(43-24-13-23-40(33-43)36-17-7-2-8-18-36)45-25-14-26-46-48(45)44-32-29-41(34-47(44)56-46)51-53-49(38-19-9-3-10-20-38)52-50(54-51)39-21-11-4-12-22-39/h1-34H. The van der Waals surface area contributed by atoms with Crippen molar-refractivity contribution in [2.45, 2.75) is 0 Å². The first-order valence-corrected chi connectivity index (χ1v) is 18.7. The fourth-order valence-electron chi connectivity index (χ4n) is 7.39. The molecule has 8 aromatic carbocycles. The molecule has 0 aliphatic heterocycles. The molecule has 0 unspecified atom stereocenters. The molecule has 0 saturated carbocycles. The lowest BCUT2D eigenvalue weighted by Crippen LogP contribution is -2.10. The number of hydrogen-bond acceptors (Lipinski definition) is 5. The molecule has 264 valence electrons. The Labute approximate surface area is 324 Å². The van der Waals surface area contributed by atoms with Gasteiger partial charge >= 0.3 is 0 Å². The molecule has 0 bridgehead atoms. The summed E-state index contributed by atoms with van der Waals surface area (Å²) in [6.07, 6.45) is 0. The van der Waals surface area contributed by atoms with Crippen molar-refractivity contribution in [3.63, 3.8) is 0 Å². The molecule has 0 aliphatic carbocycles. The quantitative estimate of drug-likeness (QED) is 0.157. The highest BCUT2D eigenvalue weighted by atomic mass is 16.3. The maximum Gasteiger partial charge on any atom is 0.164 e. The lowest BCUT2D eigenvalue weighted by atomic mass is 10.0. The van der Waals surface area contributed by atoms with E-state index in [9.17, 15) is 0 Å². The highest BCUT2D eigenvalue weighted by Gasteiger charge is 2.21. The zero-order valence-corrected chi connectivity index (χ0v) is 30.3. The number of aromatic nitrogens is 3. The minimum absolute atomic E-state index is 0.582. The predicted octanol–water partition coefficient (Wildman–Crippen LogP) is 13.6. The second-order valence-corrected chi connectivity index (χ2v) is 13.7. The fraction of sp³-hybridized carbons (Fsp3) is 0. The minimum Gasteiger partial charge on any atom is -0.456 e. The van der Waals surface area contributed by atoms with Crippen molar-refractivity contribution in [2.75, 3.05) is 4.90 Å². The van der Waals surface area contributed by atoms with Gasteiger partial charge in [0.1, 0.15) is 11.2 Å². The van der Waals surface area contributed by atoms with Crippen molar-refractivity contribution in [3.8, 4) is 56.4 Å². The second kappa shape index (κ2) is 14.3. The Morgan fingerprint density at radius 3 is 1.41 bits per heavy atom. The number of fused-ring (bicyclic) bond motifs is 3. The van der Waals surface area contributed by atoms with Crippen molar-refractivity contribution in [2.24, 2.45) is 0 Å². The van der Waals surface area contributed by atoms with E-state index in [2.05, 4.69) is 132 Å². The van der Waals surface area contributed by atoms with Crippen LogP contribution in [0.15, 0.2) is 211 Å². The maximum atomic E-state index is 6.68. The number of anilines is 3. The van der Waals surface area contributed by atoms with Gasteiger partial charge in [-0.05, 0) is 70.8 Å². The summed E-state index contributed by atoms with van der Waals surface area (Å²) in [7, 11) is 0. The van der Waals surface area contributed by atoms with Crippen LogP contribution in [-0.4, -0.2) is 15.0 Å². The summed E-state index contributed by atoms with van der Waals surface area (Å²) in [6.45, 7) is 0. The zero-order chi connectivity index (χ0) is 37.3. The molecule has 0 N–H and O–H groups in total. The average molecular weight is 719 g/mol. The highest BCUT2D eigenvalue weighted by Crippen LogP contribution is 2.44. The third kappa shape index (κ3) is 6.27. The summed E-state index contributed by atoms with van der Waals surface area (Å²) in [4.78, 5) is 17.2. The van der Waals surface area contributed by atoms with E-state index in [0.29, 0.717) is 17.5 Å². The monoisotopic (exact) mass is 718 g/mol. The second-order valence-electron chi connectivity index (χ2n) is 13.7. The largest absolute Gasteiger partial charge is 0.456 e. The summed E-state index contributed by atoms with van der Waals surface area (Å²) in [5.41, 5.74) is 12.0. The van der Waals surface area contributed by atoms with Crippen LogP contribution in [0.1, 0.15) is 0 Å². The third-order valence-corrected chi connectivity index (χ3v) is 10.1. The fourth-order valence-corrected chi connectivity index (χ4v) is 7.39. The molecule has 2 aromatic heterocycles.